The molecule has 0 aliphatic heterocycles. The Kier molecular flexibility index (Phi) is 4.05. The monoisotopic (exact) mass is 233 g/mol. The van der Waals surface area contributed by atoms with Crippen LogP contribution in [0.1, 0.15) is 37.8 Å². The molecular weight excluding hydrogens is 214 g/mol. The van der Waals surface area contributed by atoms with Crippen molar-refractivity contribution >= 4 is 17.4 Å². The summed E-state index contributed by atoms with van der Waals surface area (Å²) in [5.74, 6) is -0.522. The summed E-state index contributed by atoms with van der Waals surface area (Å²) < 4.78 is 0. The summed E-state index contributed by atoms with van der Waals surface area (Å²) in [7, 11) is 1.64. The number of nitrogens with zero attached hydrogens (tertiary/aromatic N) is 1. The van der Waals surface area contributed by atoms with Gasteiger partial charge in [0.25, 0.3) is 5.91 Å². The van der Waals surface area contributed by atoms with Crippen molar-refractivity contribution in [2.24, 2.45) is 0 Å². The van der Waals surface area contributed by atoms with Gasteiger partial charge in [0.05, 0.1) is 0 Å². The minimum absolute atomic E-state index is 0.398. The third-order valence-electron chi connectivity index (χ3n) is 2.87. The molecule has 1 aromatic carbocycles. The van der Waals surface area contributed by atoms with E-state index in [-0.39, 0.29) is 0 Å². The smallest absolute Gasteiger partial charge is 0.293 e. The number of hydrogen-bond acceptors (Lipinski definition) is 2. The summed E-state index contributed by atoms with van der Waals surface area (Å²) in [4.78, 5) is 24.2. The molecule has 0 aliphatic rings. The van der Waals surface area contributed by atoms with Crippen LogP contribution in [-0.4, -0.2) is 18.7 Å². The molecule has 0 spiro atoms. The first-order valence-corrected chi connectivity index (χ1v) is 5.73. The van der Waals surface area contributed by atoms with Gasteiger partial charge in [0, 0.05) is 19.7 Å². The van der Waals surface area contributed by atoms with E-state index in [1.807, 2.05) is 19.1 Å². The number of amides is 1. The lowest BCUT2D eigenvalue weighted by atomic mass is 10.00. The van der Waals surface area contributed by atoms with Crippen LogP contribution in [0.15, 0.2) is 18.2 Å². The second-order valence-electron chi connectivity index (χ2n) is 4.62. The predicted molar refractivity (Wildman–Crippen MR) is 69.4 cm³/mol. The molecule has 0 fully saturated rings. The molecule has 0 saturated heterocycles. The molecule has 17 heavy (non-hydrogen) atoms. The van der Waals surface area contributed by atoms with E-state index in [1.165, 1.54) is 11.8 Å². The van der Waals surface area contributed by atoms with Crippen molar-refractivity contribution in [1.29, 1.82) is 0 Å². The minimum Gasteiger partial charge on any atom is -0.309 e. The van der Waals surface area contributed by atoms with Crippen LogP contribution in [0, 0.1) is 6.92 Å². The average molecular weight is 233 g/mol. The Bertz CT molecular complexity index is 450. The molecule has 0 aliphatic carbocycles. The normalized spacial score (nSPS) is 10.5. The first-order valence-electron chi connectivity index (χ1n) is 5.73. The Morgan fingerprint density at radius 2 is 1.82 bits per heavy atom. The Hall–Kier alpha value is -1.64. The Labute approximate surface area is 102 Å². The summed E-state index contributed by atoms with van der Waals surface area (Å²) in [6.45, 7) is 7.42. The highest BCUT2D eigenvalue weighted by atomic mass is 16.2. The van der Waals surface area contributed by atoms with E-state index in [2.05, 4.69) is 19.9 Å². The highest BCUT2D eigenvalue weighted by Gasteiger charge is 2.17. The Balaban J connectivity index is 3.16. The largest absolute Gasteiger partial charge is 0.309 e. The van der Waals surface area contributed by atoms with E-state index in [4.69, 9.17) is 0 Å². The fourth-order valence-corrected chi connectivity index (χ4v) is 1.69. The second-order valence-corrected chi connectivity index (χ2v) is 4.62. The molecule has 0 bridgehead atoms. The molecule has 1 amide bonds. The quantitative estimate of drug-likeness (QED) is 0.753. The summed E-state index contributed by atoms with van der Waals surface area (Å²) in [5, 5.41) is 0. The summed E-state index contributed by atoms with van der Waals surface area (Å²) >= 11 is 0. The van der Waals surface area contributed by atoms with Crippen LogP contribution in [0.25, 0.3) is 0 Å². The van der Waals surface area contributed by atoms with Gasteiger partial charge in [-0.25, -0.2) is 0 Å². The number of aryl methyl sites for hydroxylation is 1. The van der Waals surface area contributed by atoms with Crippen molar-refractivity contribution < 1.29 is 9.59 Å². The first kappa shape index (κ1) is 13.4. The van der Waals surface area contributed by atoms with Gasteiger partial charge in [0.1, 0.15) is 0 Å². The van der Waals surface area contributed by atoms with Crippen LogP contribution >= 0.6 is 0 Å². The van der Waals surface area contributed by atoms with E-state index < -0.39 is 11.7 Å². The number of hydrogen-bond donors (Lipinski definition) is 0. The van der Waals surface area contributed by atoms with Gasteiger partial charge >= 0.3 is 0 Å². The number of ketones is 1. The fraction of sp³-hybridized carbons (Fsp3) is 0.429. The van der Waals surface area contributed by atoms with Crippen LogP contribution in [-0.2, 0) is 9.59 Å². The number of carbonyl (C=O) groups is 2. The van der Waals surface area contributed by atoms with E-state index in [1.54, 1.807) is 7.05 Å². The van der Waals surface area contributed by atoms with Gasteiger partial charge in [-0.15, -0.1) is 0 Å². The van der Waals surface area contributed by atoms with Crippen molar-refractivity contribution in [2.75, 3.05) is 11.9 Å². The van der Waals surface area contributed by atoms with E-state index in [0.717, 1.165) is 16.8 Å². The van der Waals surface area contributed by atoms with Crippen molar-refractivity contribution in [3.8, 4) is 0 Å². The molecule has 3 nitrogen and oxygen atoms in total. The maximum atomic E-state index is 11.7. The maximum absolute atomic E-state index is 11.7. The highest BCUT2D eigenvalue weighted by molar-refractivity contribution is 6.40. The lowest BCUT2D eigenvalue weighted by Gasteiger charge is -2.20. The van der Waals surface area contributed by atoms with Crippen molar-refractivity contribution in [3.63, 3.8) is 0 Å². The third kappa shape index (κ3) is 2.93. The lowest BCUT2D eigenvalue weighted by molar-refractivity contribution is -0.134. The molecule has 0 unspecified atom stereocenters. The molecule has 92 valence electrons. The topological polar surface area (TPSA) is 37.4 Å². The molecule has 0 atom stereocenters. The number of rotatable bonds is 3. The second kappa shape index (κ2) is 5.13. The number of benzene rings is 1. The third-order valence-corrected chi connectivity index (χ3v) is 2.87. The highest BCUT2D eigenvalue weighted by Crippen LogP contribution is 2.25. The maximum Gasteiger partial charge on any atom is 0.293 e. The van der Waals surface area contributed by atoms with E-state index >= 15 is 0 Å². The van der Waals surface area contributed by atoms with Crippen molar-refractivity contribution in [2.45, 2.75) is 33.6 Å². The van der Waals surface area contributed by atoms with Gasteiger partial charge < -0.3 is 4.90 Å². The molecule has 0 saturated carbocycles. The molecule has 0 radical (unpaired) electrons. The van der Waals surface area contributed by atoms with E-state index in [9.17, 15) is 9.59 Å². The zero-order chi connectivity index (χ0) is 13.2. The molecule has 3 heteroatoms. The zero-order valence-electron chi connectivity index (χ0n) is 11.1. The molecule has 0 heterocycles. The summed E-state index contributed by atoms with van der Waals surface area (Å²) in [6.07, 6.45) is 0. The van der Waals surface area contributed by atoms with Crippen LogP contribution < -0.4 is 4.90 Å². The Morgan fingerprint density at radius 3 is 2.29 bits per heavy atom. The zero-order valence-corrected chi connectivity index (χ0v) is 11.1. The van der Waals surface area contributed by atoms with Crippen LogP contribution in [0.2, 0.25) is 0 Å². The minimum atomic E-state index is -0.478. The van der Waals surface area contributed by atoms with Crippen LogP contribution in [0.5, 0.6) is 0 Å². The number of anilines is 1. The molecule has 0 aromatic heterocycles. The standard InChI is InChI=1S/C14H19NO2/c1-9(2)12-7-6-10(3)13(8-12)15(5)14(17)11(4)16/h6-9H,1-5H3. The van der Waals surface area contributed by atoms with Gasteiger partial charge in [-0.1, -0.05) is 26.0 Å². The molecule has 1 aromatic rings. The van der Waals surface area contributed by atoms with Gasteiger partial charge in [0.2, 0.25) is 5.78 Å². The van der Waals surface area contributed by atoms with Gasteiger partial charge in [-0.05, 0) is 30.0 Å². The predicted octanol–water partition coefficient (Wildman–Crippen LogP) is 2.67. The SMILES string of the molecule is CC(=O)C(=O)N(C)c1cc(C(C)C)ccc1C. The number of likely N-dealkylation sites (N-methyl/N-ethyl adjacent to an activating group) is 1. The van der Waals surface area contributed by atoms with Crippen molar-refractivity contribution in [1.82, 2.24) is 0 Å². The molecular formula is C14H19NO2. The van der Waals surface area contributed by atoms with Gasteiger partial charge in [-0.2, -0.15) is 0 Å². The van der Waals surface area contributed by atoms with Crippen molar-refractivity contribution in [3.05, 3.63) is 29.3 Å². The molecule has 0 N–H and O–H groups in total. The summed E-state index contributed by atoms with van der Waals surface area (Å²) in [5.41, 5.74) is 2.96. The number of Topliss-reactive ketones (excluding diaryl/α,β-unsaturated/α-hetero) is 1. The Morgan fingerprint density at radius 1 is 1.24 bits per heavy atom. The van der Waals surface area contributed by atoms with Gasteiger partial charge in [0.15, 0.2) is 0 Å². The fourth-order valence-electron chi connectivity index (χ4n) is 1.69. The number of carbonyl (C=O) groups excluding carboxylic acids is 2. The van der Waals surface area contributed by atoms with Crippen LogP contribution in [0.4, 0.5) is 5.69 Å². The lowest BCUT2D eigenvalue weighted by Crippen LogP contribution is -2.32. The first-order chi connectivity index (χ1) is 7.84. The van der Waals surface area contributed by atoms with Gasteiger partial charge in [-0.3, -0.25) is 9.59 Å². The van der Waals surface area contributed by atoms with Crippen LogP contribution in [0.3, 0.4) is 0 Å². The van der Waals surface area contributed by atoms with E-state index in [0.29, 0.717) is 5.92 Å². The average Bonchev–Trinajstić information content (AvgIpc) is 2.27. The molecule has 1 rings (SSSR count). The summed E-state index contributed by atoms with van der Waals surface area (Å²) in [6, 6.07) is 6.00.